The molecule has 2 aromatic heterocycles. The van der Waals surface area contributed by atoms with Crippen molar-refractivity contribution in [2.24, 2.45) is 0 Å². The summed E-state index contributed by atoms with van der Waals surface area (Å²) >= 11 is 0. The minimum Gasteiger partial charge on any atom is -0.368 e. The molecule has 1 aromatic carbocycles. The number of fused-ring (bicyclic) bond motifs is 1. The van der Waals surface area contributed by atoms with Crippen LogP contribution in [0.4, 0.5) is 17.2 Å². The number of hydrogen-bond donors (Lipinski definition) is 1. The fourth-order valence-corrected chi connectivity index (χ4v) is 5.31. The number of nitrogens with zero attached hydrogens (tertiary/aromatic N) is 6. The molecule has 0 saturated carbocycles. The standard InChI is InChI=1S/C22H29N7O/c1-2-11-26(10-1)20-18(30-29-16-9-23-25-29)8-7-17-19(20)21(27-12-3-4-13-27)22(24-17)28-14-5-6-15-28/h7-9,16,24H,1-6,10-15H2. The fraction of sp³-hybridized carbons (Fsp3) is 0.545. The summed E-state index contributed by atoms with van der Waals surface area (Å²) < 4.78 is 0. The van der Waals surface area contributed by atoms with E-state index in [0.29, 0.717) is 0 Å². The molecule has 0 unspecified atom stereocenters. The van der Waals surface area contributed by atoms with E-state index in [-0.39, 0.29) is 0 Å². The molecule has 8 heteroatoms. The Kier molecular flexibility index (Phi) is 4.43. The van der Waals surface area contributed by atoms with Crippen molar-refractivity contribution >= 4 is 28.1 Å². The molecule has 8 nitrogen and oxygen atoms in total. The van der Waals surface area contributed by atoms with Crippen molar-refractivity contribution < 1.29 is 4.84 Å². The lowest BCUT2D eigenvalue weighted by atomic mass is 10.1. The van der Waals surface area contributed by atoms with E-state index >= 15 is 0 Å². The van der Waals surface area contributed by atoms with Crippen molar-refractivity contribution in [3.05, 3.63) is 24.5 Å². The highest BCUT2D eigenvalue weighted by molar-refractivity contribution is 6.10. The molecule has 158 valence electrons. The third-order valence-corrected chi connectivity index (χ3v) is 6.71. The van der Waals surface area contributed by atoms with Gasteiger partial charge in [-0.05, 0) is 55.9 Å². The summed E-state index contributed by atoms with van der Waals surface area (Å²) in [5, 5.41) is 9.23. The third kappa shape index (κ3) is 2.97. The lowest BCUT2D eigenvalue weighted by molar-refractivity contribution is 0.173. The maximum Gasteiger partial charge on any atom is 0.182 e. The van der Waals surface area contributed by atoms with Crippen molar-refractivity contribution in [3.8, 4) is 5.75 Å². The van der Waals surface area contributed by atoms with Gasteiger partial charge in [0.2, 0.25) is 0 Å². The molecule has 0 atom stereocenters. The first kappa shape index (κ1) is 17.9. The Balaban J connectivity index is 1.57. The fourth-order valence-electron chi connectivity index (χ4n) is 5.31. The highest BCUT2D eigenvalue weighted by Gasteiger charge is 2.30. The second kappa shape index (κ2) is 7.41. The van der Waals surface area contributed by atoms with Crippen LogP contribution in [0.15, 0.2) is 24.5 Å². The molecule has 0 spiro atoms. The largest absolute Gasteiger partial charge is 0.368 e. The van der Waals surface area contributed by atoms with Crippen molar-refractivity contribution in [2.45, 2.75) is 38.5 Å². The summed E-state index contributed by atoms with van der Waals surface area (Å²) in [5.41, 5.74) is 3.77. The van der Waals surface area contributed by atoms with E-state index < -0.39 is 0 Å². The van der Waals surface area contributed by atoms with E-state index in [1.54, 1.807) is 12.4 Å². The maximum atomic E-state index is 6.18. The molecule has 0 radical (unpaired) electrons. The average molecular weight is 408 g/mol. The van der Waals surface area contributed by atoms with Gasteiger partial charge in [-0.1, -0.05) is 4.85 Å². The highest BCUT2D eigenvalue weighted by Crippen LogP contribution is 2.48. The van der Waals surface area contributed by atoms with Crippen molar-refractivity contribution in [1.82, 2.24) is 20.1 Å². The number of aromatic amines is 1. The first-order valence-corrected chi connectivity index (χ1v) is 11.4. The predicted octanol–water partition coefficient (Wildman–Crippen LogP) is 3.40. The van der Waals surface area contributed by atoms with Crippen LogP contribution in [0.1, 0.15) is 38.5 Å². The number of benzene rings is 1. The van der Waals surface area contributed by atoms with E-state index in [1.165, 1.54) is 71.5 Å². The first-order valence-electron chi connectivity index (χ1n) is 11.4. The Labute approximate surface area is 176 Å². The summed E-state index contributed by atoms with van der Waals surface area (Å²) in [6.07, 6.45) is 10.9. The van der Waals surface area contributed by atoms with E-state index in [2.05, 4.69) is 42.1 Å². The van der Waals surface area contributed by atoms with Gasteiger partial charge in [0, 0.05) is 39.3 Å². The van der Waals surface area contributed by atoms with Gasteiger partial charge in [0.1, 0.15) is 5.82 Å². The molecule has 3 saturated heterocycles. The van der Waals surface area contributed by atoms with Crippen LogP contribution >= 0.6 is 0 Å². The Hall–Kier alpha value is -2.90. The zero-order chi connectivity index (χ0) is 19.9. The van der Waals surface area contributed by atoms with Gasteiger partial charge in [-0.15, -0.1) is 5.10 Å². The monoisotopic (exact) mass is 407 g/mol. The minimum atomic E-state index is 0.849. The Morgan fingerprint density at radius 1 is 0.767 bits per heavy atom. The van der Waals surface area contributed by atoms with Gasteiger partial charge in [0.05, 0.1) is 34.7 Å². The molecule has 3 aliphatic heterocycles. The van der Waals surface area contributed by atoms with Gasteiger partial charge < -0.3 is 24.5 Å². The summed E-state index contributed by atoms with van der Waals surface area (Å²) in [4.78, 5) is 19.1. The van der Waals surface area contributed by atoms with Crippen LogP contribution in [-0.4, -0.2) is 59.4 Å². The van der Waals surface area contributed by atoms with Crippen LogP contribution < -0.4 is 19.5 Å². The second-order valence-electron chi connectivity index (χ2n) is 8.64. The molecule has 3 aromatic rings. The number of hydrogen-bond acceptors (Lipinski definition) is 6. The normalized spacial score (nSPS) is 19.5. The molecule has 0 bridgehead atoms. The van der Waals surface area contributed by atoms with E-state index in [4.69, 9.17) is 4.84 Å². The molecule has 0 amide bonds. The topological polar surface area (TPSA) is 65.5 Å². The quantitative estimate of drug-likeness (QED) is 0.699. The molecule has 5 heterocycles. The van der Waals surface area contributed by atoms with Gasteiger partial charge in [-0.3, -0.25) is 0 Å². The number of aromatic nitrogens is 4. The summed E-state index contributed by atoms with van der Waals surface area (Å²) in [5.74, 6) is 2.14. The second-order valence-corrected chi connectivity index (χ2v) is 8.64. The Morgan fingerprint density at radius 3 is 2.03 bits per heavy atom. The first-order chi connectivity index (χ1) is 14.9. The van der Waals surface area contributed by atoms with Crippen molar-refractivity contribution in [2.75, 3.05) is 54.0 Å². The van der Waals surface area contributed by atoms with Crippen molar-refractivity contribution in [1.29, 1.82) is 0 Å². The van der Waals surface area contributed by atoms with Crippen LogP contribution in [0.5, 0.6) is 5.75 Å². The third-order valence-electron chi connectivity index (χ3n) is 6.71. The molecule has 30 heavy (non-hydrogen) atoms. The van der Waals surface area contributed by atoms with Gasteiger partial charge in [-0.25, -0.2) is 0 Å². The van der Waals surface area contributed by atoms with Crippen molar-refractivity contribution in [3.63, 3.8) is 0 Å². The predicted molar refractivity (Wildman–Crippen MR) is 119 cm³/mol. The van der Waals surface area contributed by atoms with Crippen LogP contribution in [0.25, 0.3) is 10.9 Å². The van der Waals surface area contributed by atoms with Gasteiger partial charge in [0.25, 0.3) is 0 Å². The van der Waals surface area contributed by atoms with E-state index in [1.807, 2.05) is 0 Å². The van der Waals surface area contributed by atoms with Crippen LogP contribution in [-0.2, 0) is 0 Å². The molecular formula is C22H29N7O. The molecule has 6 rings (SSSR count). The lowest BCUT2D eigenvalue weighted by Crippen LogP contribution is -2.25. The number of nitrogens with one attached hydrogen (secondary N) is 1. The minimum absolute atomic E-state index is 0.849. The van der Waals surface area contributed by atoms with E-state index in [9.17, 15) is 0 Å². The van der Waals surface area contributed by atoms with Crippen LogP contribution in [0, 0.1) is 0 Å². The smallest absolute Gasteiger partial charge is 0.182 e. The number of H-pyrrole nitrogens is 1. The molecule has 3 fully saturated rings. The molecule has 1 N–H and O–H groups in total. The summed E-state index contributed by atoms with van der Waals surface area (Å²) in [7, 11) is 0. The Bertz CT molecular complexity index is 1010. The molecular weight excluding hydrogens is 378 g/mol. The lowest BCUT2D eigenvalue weighted by Gasteiger charge is -2.27. The highest BCUT2D eigenvalue weighted by atomic mass is 16.7. The summed E-state index contributed by atoms with van der Waals surface area (Å²) in [6.45, 7) is 6.65. The number of rotatable bonds is 5. The average Bonchev–Trinajstić information content (AvgIpc) is 3.59. The van der Waals surface area contributed by atoms with Crippen LogP contribution in [0.2, 0.25) is 0 Å². The van der Waals surface area contributed by atoms with E-state index in [0.717, 1.165) is 45.0 Å². The van der Waals surface area contributed by atoms with Crippen LogP contribution in [0.3, 0.4) is 0 Å². The zero-order valence-corrected chi connectivity index (χ0v) is 17.4. The Morgan fingerprint density at radius 2 is 1.40 bits per heavy atom. The van der Waals surface area contributed by atoms with Gasteiger partial charge in [-0.2, -0.15) is 0 Å². The van der Waals surface area contributed by atoms with Gasteiger partial charge in [0.15, 0.2) is 5.75 Å². The van der Waals surface area contributed by atoms with Gasteiger partial charge >= 0.3 is 0 Å². The SMILES string of the molecule is c1cn(Oc2ccc3[nH]c(N4CCCC4)c(N4CCCC4)c3c2N2CCCC2)nn1. The number of anilines is 3. The zero-order valence-electron chi connectivity index (χ0n) is 17.4. The molecule has 0 aliphatic carbocycles. The maximum absolute atomic E-state index is 6.18. The summed E-state index contributed by atoms with van der Waals surface area (Å²) in [6, 6.07) is 4.25. The molecule has 3 aliphatic rings.